The third kappa shape index (κ3) is 4.35. The Balaban J connectivity index is 1.97. The van der Waals surface area contributed by atoms with E-state index in [1.54, 1.807) is 12.4 Å². The van der Waals surface area contributed by atoms with Crippen LogP contribution in [0.25, 0.3) is 11.3 Å². The number of hydrogen-bond acceptors (Lipinski definition) is 5. The van der Waals surface area contributed by atoms with Crippen molar-refractivity contribution in [3.8, 4) is 11.3 Å². The van der Waals surface area contributed by atoms with Gasteiger partial charge in [-0.05, 0) is 25.0 Å². The molecule has 5 nitrogen and oxygen atoms in total. The van der Waals surface area contributed by atoms with Crippen molar-refractivity contribution in [2.24, 2.45) is 5.92 Å². The van der Waals surface area contributed by atoms with Gasteiger partial charge in [0.2, 0.25) is 5.91 Å². The Morgan fingerprint density at radius 2 is 2.00 bits per heavy atom. The van der Waals surface area contributed by atoms with Gasteiger partial charge in [0.15, 0.2) is 0 Å². The predicted molar refractivity (Wildman–Crippen MR) is 87.4 cm³/mol. The Morgan fingerprint density at radius 3 is 2.64 bits per heavy atom. The molecule has 0 bridgehead atoms. The van der Waals surface area contributed by atoms with E-state index in [-0.39, 0.29) is 24.3 Å². The summed E-state index contributed by atoms with van der Waals surface area (Å²) in [6.07, 6.45) is 2.96. The lowest BCUT2D eigenvalue weighted by atomic mass is 10.0. The number of nitrogens with one attached hydrogen (secondary N) is 1. The monoisotopic (exact) mass is 319 g/mol. The molecule has 2 unspecified atom stereocenters. The highest BCUT2D eigenvalue weighted by molar-refractivity contribution is 7.10. The zero-order valence-corrected chi connectivity index (χ0v) is 13.8. The van der Waals surface area contributed by atoms with E-state index in [4.69, 9.17) is 0 Å². The predicted octanol–water partition coefficient (Wildman–Crippen LogP) is 2.79. The van der Waals surface area contributed by atoms with Gasteiger partial charge < -0.3 is 10.4 Å². The molecular formula is C16H21N3O2S. The van der Waals surface area contributed by atoms with Gasteiger partial charge in [-0.25, -0.2) is 4.98 Å². The first-order valence-corrected chi connectivity index (χ1v) is 8.18. The van der Waals surface area contributed by atoms with Gasteiger partial charge in [-0.3, -0.25) is 9.78 Å². The number of thiazole rings is 1. The van der Waals surface area contributed by atoms with Crippen LogP contribution >= 0.6 is 11.3 Å². The standard InChI is InChI=1S/C16H21N3O2S/c1-10(2)14(20)8-15(21)18-11(3)16-19-13(9-22-16)12-4-6-17-7-5-12/h4-7,9-11,14,20H,8H2,1-3H3,(H,18,21). The quantitative estimate of drug-likeness (QED) is 0.858. The fourth-order valence-electron chi connectivity index (χ4n) is 1.93. The summed E-state index contributed by atoms with van der Waals surface area (Å²) in [6, 6.07) is 3.63. The van der Waals surface area contributed by atoms with E-state index < -0.39 is 6.10 Å². The molecule has 1 amide bonds. The first-order chi connectivity index (χ1) is 10.5. The number of aliphatic hydroxyl groups is 1. The van der Waals surface area contributed by atoms with Crippen molar-refractivity contribution in [1.82, 2.24) is 15.3 Å². The maximum Gasteiger partial charge on any atom is 0.223 e. The van der Waals surface area contributed by atoms with Crippen LogP contribution in [0.5, 0.6) is 0 Å². The van der Waals surface area contributed by atoms with Crippen LogP contribution in [-0.4, -0.2) is 27.1 Å². The second kappa shape index (κ2) is 7.47. The highest BCUT2D eigenvalue weighted by Crippen LogP contribution is 2.25. The third-order valence-electron chi connectivity index (χ3n) is 3.41. The molecule has 0 radical (unpaired) electrons. The molecule has 0 saturated carbocycles. The molecule has 2 aromatic heterocycles. The average Bonchev–Trinajstić information content (AvgIpc) is 2.97. The Labute approximate surface area is 134 Å². The van der Waals surface area contributed by atoms with E-state index in [1.165, 1.54) is 11.3 Å². The molecule has 2 rings (SSSR count). The molecule has 2 heterocycles. The van der Waals surface area contributed by atoms with Crippen molar-refractivity contribution in [2.45, 2.75) is 39.3 Å². The van der Waals surface area contributed by atoms with Crippen LogP contribution in [0, 0.1) is 5.92 Å². The molecule has 0 fully saturated rings. The molecular weight excluding hydrogens is 298 g/mol. The number of carbonyl (C=O) groups is 1. The first kappa shape index (κ1) is 16.6. The summed E-state index contributed by atoms with van der Waals surface area (Å²) in [4.78, 5) is 20.5. The molecule has 2 N–H and O–H groups in total. The minimum atomic E-state index is -0.615. The topological polar surface area (TPSA) is 75.1 Å². The average molecular weight is 319 g/mol. The van der Waals surface area contributed by atoms with Gasteiger partial charge in [0.1, 0.15) is 5.01 Å². The Bertz CT molecular complexity index is 613. The van der Waals surface area contributed by atoms with Gasteiger partial charge in [-0.1, -0.05) is 13.8 Å². The molecule has 6 heteroatoms. The van der Waals surface area contributed by atoms with Crippen molar-refractivity contribution in [3.63, 3.8) is 0 Å². The minimum absolute atomic E-state index is 0.0687. The van der Waals surface area contributed by atoms with Crippen LogP contribution in [-0.2, 0) is 4.79 Å². The van der Waals surface area contributed by atoms with Crippen LogP contribution < -0.4 is 5.32 Å². The van der Waals surface area contributed by atoms with E-state index >= 15 is 0 Å². The number of aromatic nitrogens is 2. The van der Waals surface area contributed by atoms with E-state index in [0.29, 0.717) is 0 Å². The summed E-state index contributed by atoms with van der Waals surface area (Å²) >= 11 is 1.51. The number of amides is 1. The van der Waals surface area contributed by atoms with Crippen molar-refractivity contribution in [2.75, 3.05) is 0 Å². The number of carbonyl (C=O) groups excluding carboxylic acids is 1. The summed E-state index contributed by atoms with van der Waals surface area (Å²) in [5.74, 6) is -0.0893. The minimum Gasteiger partial charge on any atom is -0.392 e. The molecule has 0 aromatic carbocycles. The van der Waals surface area contributed by atoms with E-state index in [9.17, 15) is 9.90 Å². The van der Waals surface area contributed by atoms with Crippen LogP contribution in [0.2, 0.25) is 0 Å². The van der Waals surface area contributed by atoms with Crippen LogP contribution in [0.15, 0.2) is 29.9 Å². The summed E-state index contributed by atoms with van der Waals surface area (Å²) in [5, 5.41) is 15.5. The summed E-state index contributed by atoms with van der Waals surface area (Å²) in [5.41, 5.74) is 1.89. The Hall–Kier alpha value is -1.79. The van der Waals surface area contributed by atoms with Crippen molar-refractivity contribution in [1.29, 1.82) is 0 Å². The maximum atomic E-state index is 11.9. The van der Waals surface area contributed by atoms with Gasteiger partial charge in [0.05, 0.1) is 24.3 Å². The maximum absolute atomic E-state index is 11.9. The normalized spacial score (nSPS) is 13.9. The highest BCUT2D eigenvalue weighted by atomic mass is 32.1. The first-order valence-electron chi connectivity index (χ1n) is 7.30. The molecule has 0 saturated heterocycles. The van der Waals surface area contributed by atoms with Gasteiger partial charge in [0, 0.05) is 23.3 Å². The largest absolute Gasteiger partial charge is 0.392 e. The fourth-order valence-corrected chi connectivity index (χ4v) is 2.76. The highest BCUT2D eigenvalue weighted by Gasteiger charge is 2.18. The van der Waals surface area contributed by atoms with Crippen molar-refractivity contribution < 1.29 is 9.90 Å². The number of hydrogen-bond donors (Lipinski definition) is 2. The molecule has 0 spiro atoms. The Kier molecular flexibility index (Phi) is 5.63. The lowest BCUT2D eigenvalue weighted by molar-refractivity contribution is -0.124. The van der Waals surface area contributed by atoms with Gasteiger partial charge in [-0.15, -0.1) is 11.3 Å². The SMILES string of the molecule is CC(NC(=O)CC(O)C(C)C)c1nc(-c2ccncc2)cs1. The van der Waals surface area contributed by atoms with E-state index in [0.717, 1.165) is 16.3 Å². The second-order valence-corrected chi connectivity index (χ2v) is 6.50. The summed E-state index contributed by atoms with van der Waals surface area (Å²) < 4.78 is 0. The lowest BCUT2D eigenvalue weighted by Crippen LogP contribution is -2.31. The van der Waals surface area contributed by atoms with Crippen LogP contribution in [0.3, 0.4) is 0 Å². The molecule has 0 aliphatic carbocycles. The van der Waals surface area contributed by atoms with E-state index in [2.05, 4.69) is 15.3 Å². The number of nitrogens with zero attached hydrogens (tertiary/aromatic N) is 2. The van der Waals surface area contributed by atoms with Crippen molar-refractivity contribution in [3.05, 3.63) is 34.9 Å². The van der Waals surface area contributed by atoms with Crippen LogP contribution in [0.1, 0.15) is 38.2 Å². The second-order valence-electron chi connectivity index (χ2n) is 5.61. The zero-order valence-electron chi connectivity index (χ0n) is 13.0. The molecule has 0 aliphatic rings. The number of pyridine rings is 1. The summed E-state index contributed by atoms with van der Waals surface area (Å²) in [6.45, 7) is 5.68. The zero-order chi connectivity index (χ0) is 16.1. The van der Waals surface area contributed by atoms with Gasteiger partial charge in [0.25, 0.3) is 0 Å². The molecule has 22 heavy (non-hydrogen) atoms. The molecule has 0 aliphatic heterocycles. The van der Waals surface area contributed by atoms with Gasteiger partial charge >= 0.3 is 0 Å². The molecule has 2 atom stereocenters. The smallest absolute Gasteiger partial charge is 0.223 e. The number of rotatable bonds is 6. The van der Waals surface area contributed by atoms with Crippen LogP contribution in [0.4, 0.5) is 0 Å². The van der Waals surface area contributed by atoms with E-state index in [1.807, 2.05) is 38.3 Å². The van der Waals surface area contributed by atoms with Gasteiger partial charge in [-0.2, -0.15) is 0 Å². The summed E-state index contributed by atoms with van der Waals surface area (Å²) in [7, 11) is 0. The molecule has 2 aromatic rings. The lowest BCUT2D eigenvalue weighted by Gasteiger charge is -2.16. The third-order valence-corrected chi connectivity index (χ3v) is 4.44. The van der Waals surface area contributed by atoms with Crippen molar-refractivity contribution >= 4 is 17.2 Å². The Morgan fingerprint density at radius 1 is 1.32 bits per heavy atom. The molecule has 118 valence electrons. The number of aliphatic hydroxyl groups excluding tert-OH is 1. The fraction of sp³-hybridized carbons (Fsp3) is 0.438.